The van der Waals surface area contributed by atoms with Gasteiger partial charge in [-0.15, -0.1) is 5.10 Å². The number of sulfonamides is 1. The molecule has 1 aliphatic rings. The molecule has 0 atom stereocenters. The molecule has 0 spiro atoms. The number of hydrogen-bond acceptors (Lipinski definition) is 7. The first-order valence-corrected chi connectivity index (χ1v) is 10.9. The number of aromatic nitrogens is 4. The molecule has 3 aromatic heterocycles. The molecule has 0 aliphatic carbocycles. The maximum Gasteiger partial charge on any atom is 0.258 e. The van der Waals surface area contributed by atoms with Gasteiger partial charge in [0.15, 0.2) is 11.5 Å². The molecular formula is C18H21N7O3S. The number of rotatable bonds is 5. The van der Waals surface area contributed by atoms with Crippen LogP contribution in [-0.4, -0.2) is 70.1 Å². The van der Waals surface area contributed by atoms with E-state index in [9.17, 15) is 13.2 Å². The van der Waals surface area contributed by atoms with Crippen molar-refractivity contribution < 1.29 is 13.2 Å². The normalized spacial score (nSPS) is 15.6. The van der Waals surface area contributed by atoms with Crippen molar-refractivity contribution in [1.82, 2.24) is 23.9 Å². The summed E-state index contributed by atoms with van der Waals surface area (Å²) < 4.78 is 27.1. The van der Waals surface area contributed by atoms with Crippen LogP contribution in [0.15, 0.2) is 42.9 Å². The molecule has 1 fully saturated rings. The highest BCUT2D eigenvalue weighted by molar-refractivity contribution is 7.89. The zero-order valence-electron chi connectivity index (χ0n) is 15.9. The van der Waals surface area contributed by atoms with Crippen molar-refractivity contribution in [1.29, 1.82) is 0 Å². The summed E-state index contributed by atoms with van der Waals surface area (Å²) in [5, 5.41) is 7.29. The van der Waals surface area contributed by atoms with E-state index in [2.05, 4.69) is 20.4 Å². The molecule has 0 bridgehead atoms. The number of carbonyl (C=O) groups is 1. The fourth-order valence-electron chi connectivity index (χ4n) is 3.16. The van der Waals surface area contributed by atoms with Crippen LogP contribution in [0.3, 0.4) is 0 Å². The van der Waals surface area contributed by atoms with Crippen LogP contribution >= 0.6 is 0 Å². The third kappa shape index (κ3) is 4.05. The largest absolute Gasteiger partial charge is 0.353 e. The summed E-state index contributed by atoms with van der Waals surface area (Å²) in [6.07, 6.45) is 4.73. The lowest BCUT2D eigenvalue weighted by atomic mass is 10.3. The molecule has 1 amide bonds. The van der Waals surface area contributed by atoms with Crippen molar-refractivity contribution in [3.8, 4) is 0 Å². The fourth-order valence-corrected chi connectivity index (χ4v) is 4.25. The van der Waals surface area contributed by atoms with Crippen LogP contribution in [0.2, 0.25) is 0 Å². The van der Waals surface area contributed by atoms with Crippen LogP contribution in [-0.2, 0) is 10.0 Å². The number of amides is 1. The molecule has 10 nitrogen and oxygen atoms in total. The van der Waals surface area contributed by atoms with Gasteiger partial charge in [-0.05, 0) is 31.2 Å². The van der Waals surface area contributed by atoms with Crippen molar-refractivity contribution in [2.24, 2.45) is 0 Å². The summed E-state index contributed by atoms with van der Waals surface area (Å²) in [6, 6.07) is 7.03. The minimum absolute atomic E-state index is 0.111. The Bertz CT molecular complexity index is 1120. The molecule has 0 aromatic carbocycles. The molecule has 4 rings (SSSR count). The summed E-state index contributed by atoms with van der Waals surface area (Å²) in [4.78, 5) is 22.6. The van der Waals surface area contributed by atoms with E-state index in [-0.39, 0.29) is 11.7 Å². The third-order valence-electron chi connectivity index (χ3n) is 4.79. The lowest BCUT2D eigenvalue weighted by Crippen LogP contribution is -2.49. The van der Waals surface area contributed by atoms with E-state index in [4.69, 9.17) is 0 Å². The van der Waals surface area contributed by atoms with E-state index in [0.717, 1.165) is 5.82 Å². The first-order valence-electron chi connectivity index (χ1n) is 9.27. The van der Waals surface area contributed by atoms with Gasteiger partial charge >= 0.3 is 0 Å². The molecule has 11 heteroatoms. The summed E-state index contributed by atoms with van der Waals surface area (Å²) in [7, 11) is -3.17. The van der Waals surface area contributed by atoms with E-state index >= 15 is 0 Å². The number of hydrogen-bond donors (Lipinski definition) is 1. The standard InChI is InChI=1S/C18H21N7O3S/c1-2-29(27,28)24-10-8-23(9-11-24)17-6-5-16-20-15(13-25(16)22-17)21-18(26)14-4-3-7-19-12-14/h3-7,12-13H,2,8-11H2,1H3,(H,21,26). The number of fused-ring (bicyclic) bond motifs is 1. The molecule has 0 radical (unpaired) electrons. The molecule has 3 aromatic rings. The van der Waals surface area contributed by atoms with Crippen molar-refractivity contribution in [2.75, 3.05) is 42.1 Å². The Morgan fingerprint density at radius 1 is 1.17 bits per heavy atom. The van der Waals surface area contributed by atoms with Crippen LogP contribution in [0.4, 0.5) is 11.6 Å². The lowest BCUT2D eigenvalue weighted by molar-refractivity contribution is 0.102. The van der Waals surface area contributed by atoms with Gasteiger partial charge in [0.25, 0.3) is 5.91 Å². The van der Waals surface area contributed by atoms with Gasteiger partial charge in [0.05, 0.1) is 17.5 Å². The smallest absolute Gasteiger partial charge is 0.258 e. The van der Waals surface area contributed by atoms with Gasteiger partial charge < -0.3 is 10.2 Å². The lowest BCUT2D eigenvalue weighted by Gasteiger charge is -2.34. The Kier molecular flexibility index (Phi) is 5.16. The molecule has 29 heavy (non-hydrogen) atoms. The number of imidazole rings is 1. The maximum absolute atomic E-state index is 12.3. The number of nitrogens with one attached hydrogen (secondary N) is 1. The Morgan fingerprint density at radius 3 is 2.66 bits per heavy atom. The zero-order chi connectivity index (χ0) is 20.4. The van der Waals surface area contributed by atoms with Gasteiger partial charge in [0.1, 0.15) is 5.82 Å². The average Bonchev–Trinajstić information content (AvgIpc) is 3.15. The summed E-state index contributed by atoms with van der Waals surface area (Å²) in [6.45, 7) is 3.66. The van der Waals surface area contributed by atoms with Gasteiger partial charge in [0.2, 0.25) is 10.0 Å². The van der Waals surface area contributed by atoms with Gasteiger partial charge in [-0.3, -0.25) is 9.78 Å². The molecule has 1 aliphatic heterocycles. The van der Waals surface area contributed by atoms with Crippen molar-refractivity contribution in [2.45, 2.75) is 6.92 Å². The van der Waals surface area contributed by atoms with Crippen LogP contribution in [0.25, 0.3) is 5.65 Å². The number of pyridine rings is 1. The Balaban J connectivity index is 1.47. The molecule has 0 unspecified atom stereocenters. The summed E-state index contributed by atoms with van der Waals surface area (Å²) in [5.41, 5.74) is 1.04. The second kappa shape index (κ2) is 7.76. The van der Waals surface area contributed by atoms with E-state index < -0.39 is 10.0 Å². The van der Waals surface area contributed by atoms with Crippen LogP contribution in [0.5, 0.6) is 0 Å². The average molecular weight is 415 g/mol. The third-order valence-corrected chi connectivity index (χ3v) is 6.67. The number of anilines is 2. The van der Waals surface area contributed by atoms with E-state index in [0.29, 0.717) is 43.2 Å². The van der Waals surface area contributed by atoms with Gasteiger partial charge in [-0.25, -0.2) is 17.9 Å². The quantitative estimate of drug-likeness (QED) is 0.657. The Labute approximate surface area is 168 Å². The maximum atomic E-state index is 12.3. The van der Waals surface area contributed by atoms with Crippen molar-refractivity contribution in [3.05, 3.63) is 48.4 Å². The molecule has 0 saturated carbocycles. The Hall–Kier alpha value is -3.05. The highest BCUT2D eigenvalue weighted by atomic mass is 32.2. The molecular weight excluding hydrogens is 394 g/mol. The summed E-state index contributed by atoms with van der Waals surface area (Å²) in [5.74, 6) is 0.936. The zero-order valence-corrected chi connectivity index (χ0v) is 16.7. The SMILES string of the molecule is CCS(=O)(=O)N1CCN(c2ccc3nc(NC(=O)c4cccnc4)cn3n2)CC1. The van der Waals surface area contributed by atoms with E-state index in [1.807, 2.05) is 17.0 Å². The topological polar surface area (TPSA) is 113 Å². The minimum atomic E-state index is -3.17. The molecule has 1 N–H and O–H groups in total. The predicted octanol–water partition coefficient (Wildman–Crippen LogP) is 0.848. The van der Waals surface area contributed by atoms with Crippen LogP contribution in [0, 0.1) is 0 Å². The van der Waals surface area contributed by atoms with Gasteiger partial charge in [-0.2, -0.15) is 4.31 Å². The minimum Gasteiger partial charge on any atom is -0.353 e. The second-order valence-electron chi connectivity index (χ2n) is 6.60. The number of nitrogens with zero attached hydrogens (tertiary/aromatic N) is 6. The van der Waals surface area contributed by atoms with Crippen molar-refractivity contribution in [3.63, 3.8) is 0 Å². The second-order valence-corrected chi connectivity index (χ2v) is 8.86. The van der Waals surface area contributed by atoms with E-state index in [1.54, 1.807) is 36.0 Å². The van der Waals surface area contributed by atoms with Crippen LogP contribution in [0.1, 0.15) is 17.3 Å². The predicted molar refractivity (Wildman–Crippen MR) is 108 cm³/mol. The van der Waals surface area contributed by atoms with Crippen LogP contribution < -0.4 is 10.2 Å². The van der Waals surface area contributed by atoms with Gasteiger partial charge in [-0.1, -0.05) is 0 Å². The summed E-state index contributed by atoms with van der Waals surface area (Å²) >= 11 is 0. The molecule has 1 saturated heterocycles. The number of piperazine rings is 1. The highest BCUT2D eigenvalue weighted by Gasteiger charge is 2.26. The number of carbonyl (C=O) groups excluding carboxylic acids is 1. The van der Waals surface area contributed by atoms with Crippen molar-refractivity contribution >= 4 is 33.2 Å². The van der Waals surface area contributed by atoms with Gasteiger partial charge in [0, 0.05) is 38.6 Å². The van der Waals surface area contributed by atoms with E-state index in [1.165, 1.54) is 10.5 Å². The first kappa shape index (κ1) is 19.3. The molecule has 152 valence electrons. The molecule has 4 heterocycles. The highest BCUT2D eigenvalue weighted by Crippen LogP contribution is 2.18. The monoisotopic (exact) mass is 415 g/mol. The fraction of sp³-hybridized carbons (Fsp3) is 0.333. The first-order chi connectivity index (χ1) is 14.0. The Morgan fingerprint density at radius 2 is 1.97 bits per heavy atom.